The maximum absolute atomic E-state index is 11.8. The molecule has 1 aromatic rings. The molecule has 5 heteroatoms. The first-order valence-electron chi connectivity index (χ1n) is 7.63. The number of hydrogen-bond acceptors (Lipinski definition) is 4. The van der Waals surface area contributed by atoms with E-state index < -0.39 is 9.84 Å². The van der Waals surface area contributed by atoms with E-state index in [1.807, 2.05) is 18.2 Å². The van der Waals surface area contributed by atoms with Crippen LogP contribution in [0.1, 0.15) is 37.8 Å². The third kappa shape index (κ3) is 4.53. The van der Waals surface area contributed by atoms with Crippen LogP contribution in [-0.4, -0.2) is 34.4 Å². The molecule has 1 unspecified atom stereocenters. The van der Waals surface area contributed by atoms with E-state index in [4.69, 9.17) is 4.74 Å². The Morgan fingerprint density at radius 2 is 2.05 bits per heavy atom. The highest BCUT2D eigenvalue weighted by Crippen LogP contribution is 2.31. The van der Waals surface area contributed by atoms with E-state index in [1.54, 1.807) is 6.07 Å². The number of nitrogens with one attached hydrogen (secondary N) is 1. The van der Waals surface area contributed by atoms with E-state index in [1.165, 1.54) is 6.26 Å². The zero-order valence-corrected chi connectivity index (χ0v) is 13.7. The molecule has 1 fully saturated rings. The molecule has 4 nitrogen and oxygen atoms in total. The predicted molar refractivity (Wildman–Crippen MR) is 84.1 cm³/mol. The fourth-order valence-corrected chi connectivity index (χ4v) is 3.52. The van der Waals surface area contributed by atoms with Gasteiger partial charge in [-0.05, 0) is 49.4 Å². The summed E-state index contributed by atoms with van der Waals surface area (Å²) in [7, 11) is -3.16. The van der Waals surface area contributed by atoms with Gasteiger partial charge in [-0.25, -0.2) is 8.42 Å². The fraction of sp³-hybridized carbons (Fsp3) is 0.625. The van der Waals surface area contributed by atoms with Gasteiger partial charge in [-0.3, -0.25) is 0 Å². The Labute approximate surface area is 127 Å². The van der Waals surface area contributed by atoms with Crippen molar-refractivity contribution in [1.82, 2.24) is 5.32 Å². The van der Waals surface area contributed by atoms with Gasteiger partial charge in [0.25, 0.3) is 0 Å². The Kier molecular flexibility index (Phi) is 5.79. The van der Waals surface area contributed by atoms with Crippen LogP contribution in [0.2, 0.25) is 0 Å². The molecular weight excluding hydrogens is 286 g/mol. The molecule has 1 aliphatic rings. The first-order chi connectivity index (χ1) is 10.0. The van der Waals surface area contributed by atoms with Crippen LogP contribution in [0.25, 0.3) is 0 Å². The normalized spacial score (nSPS) is 18.6. The molecule has 2 rings (SSSR count). The van der Waals surface area contributed by atoms with Crippen LogP contribution in [-0.2, 0) is 14.6 Å². The quantitative estimate of drug-likeness (QED) is 0.877. The van der Waals surface area contributed by atoms with Crippen molar-refractivity contribution in [1.29, 1.82) is 0 Å². The zero-order chi connectivity index (χ0) is 15.3. The van der Waals surface area contributed by atoms with E-state index in [0.29, 0.717) is 10.8 Å². The molecular formula is C16H25NO3S. The Balaban J connectivity index is 2.27. The van der Waals surface area contributed by atoms with Crippen LogP contribution in [0.3, 0.4) is 0 Å². The Bertz CT molecular complexity index is 550. The minimum Gasteiger partial charge on any atom is -0.381 e. The Hall–Kier alpha value is -0.910. The van der Waals surface area contributed by atoms with Crippen molar-refractivity contribution in [2.24, 2.45) is 5.92 Å². The average molecular weight is 311 g/mol. The van der Waals surface area contributed by atoms with Crippen molar-refractivity contribution < 1.29 is 13.2 Å². The third-order valence-electron chi connectivity index (χ3n) is 4.00. The maximum atomic E-state index is 11.8. The summed E-state index contributed by atoms with van der Waals surface area (Å²) in [5.74, 6) is 0.500. The number of benzene rings is 1. The highest BCUT2D eigenvalue weighted by atomic mass is 32.2. The van der Waals surface area contributed by atoms with Gasteiger partial charge < -0.3 is 10.1 Å². The molecule has 1 aromatic carbocycles. The topological polar surface area (TPSA) is 55.4 Å². The highest BCUT2D eigenvalue weighted by Gasteiger charge is 2.25. The second-order valence-corrected chi connectivity index (χ2v) is 7.74. The van der Waals surface area contributed by atoms with Crippen molar-refractivity contribution in [3.8, 4) is 0 Å². The molecule has 0 aliphatic carbocycles. The highest BCUT2D eigenvalue weighted by molar-refractivity contribution is 7.90. The van der Waals surface area contributed by atoms with Gasteiger partial charge in [0.1, 0.15) is 0 Å². The van der Waals surface area contributed by atoms with E-state index in [0.717, 1.165) is 44.6 Å². The first kappa shape index (κ1) is 16.5. The SMILES string of the molecule is CCCNC(c1cccc(S(C)(=O)=O)c1)C1CCOCC1. The lowest BCUT2D eigenvalue weighted by molar-refractivity contribution is 0.0536. The summed E-state index contributed by atoms with van der Waals surface area (Å²) in [6.45, 7) is 4.66. The molecule has 0 amide bonds. The fourth-order valence-electron chi connectivity index (χ4n) is 2.84. The number of sulfone groups is 1. The van der Waals surface area contributed by atoms with E-state index in [9.17, 15) is 8.42 Å². The minimum atomic E-state index is -3.16. The molecule has 1 aliphatic heterocycles. The smallest absolute Gasteiger partial charge is 0.175 e. The second-order valence-electron chi connectivity index (χ2n) is 5.73. The van der Waals surface area contributed by atoms with Gasteiger partial charge in [0.2, 0.25) is 0 Å². The summed E-state index contributed by atoms with van der Waals surface area (Å²) in [4.78, 5) is 0.398. The van der Waals surface area contributed by atoms with Crippen molar-refractivity contribution in [2.75, 3.05) is 26.0 Å². The van der Waals surface area contributed by atoms with Gasteiger partial charge in [-0.1, -0.05) is 19.1 Å². The van der Waals surface area contributed by atoms with Gasteiger partial charge in [-0.15, -0.1) is 0 Å². The zero-order valence-electron chi connectivity index (χ0n) is 12.8. The van der Waals surface area contributed by atoms with Crippen LogP contribution in [0, 0.1) is 5.92 Å². The molecule has 1 N–H and O–H groups in total. The van der Waals surface area contributed by atoms with Crippen molar-refractivity contribution in [3.05, 3.63) is 29.8 Å². The molecule has 0 spiro atoms. The second kappa shape index (κ2) is 7.38. The summed E-state index contributed by atoms with van der Waals surface area (Å²) < 4.78 is 29.0. The molecule has 0 saturated carbocycles. The average Bonchev–Trinajstić information content (AvgIpc) is 2.48. The molecule has 1 heterocycles. The largest absolute Gasteiger partial charge is 0.381 e. The lowest BCUT2D eigenvalue weighted by Gasteiger charge is -2.31. The molecule has 1 saturated heterocycles. The number of rotatable bonds is 6. The lowest BCUT2D eigenvalue weighted by atomic mass is 9.87. The number of hydrogen-bond donors (Lipinski definition) is 1. The van der Waals surface area contributed by atoms with Gasteiger partial charge in [0.15, 0.2) is 9.84 Å². The van der Waals surface area contributed by atoms with E-state index >= 15 is 0 Å². The van der Waals surface area contributed by atoms with Gasteiger partial charge in [-0.2, -0.15) is 0 Å². The van der Waals surface area contributed by atoms with Crippen LogP contribution in [0.5, 0.6) is 0 Å². The maximum Gasteiger partial charge on any atom is 0.175 e. The summed E-state index contributed by atoms with van der Waals surface area (Å²) in [5.41, 5.74) is 1.07. The molecule has 1 atom stereocenters. The van der Waals surface area contributed by atoms with Gasteiger partial charge >= 0.3 is 0 Å². The van der Waals surface area contributed by atoms with Crippen LogP contribution in [0.4, 0.5) is 0 Å². The molecule has 0 bridgehead atoms. The molecule has 0 aromatic heterocycles. The summed E-state index contributed by atoms with van der Waals surface area (Å²) in [6.07, 6.45) is 4.36. The van der Waals surface area contributed by atoms with Crippen molar-refractivity contribution in [3.63, 3.8) is 0 Å². The summed E-state index contributed by atoms with van der Waals surface area (Å²) in [5, 5.41) is 3.58. The Morgan fingerprint density at radius 3 is 2.67 bits per heavy atom. The Morgan fingerprint density at radius 1 is 1.33 bits per heavy atom. The first-order valence-corrected chi connectivity index (χ1v) is 9.52. The molecule has 0 radical (unpaired) electrons. The van der Waals surface area contributed by atoms with Crippen LogP contribution < -0.4 is 5.32 Å². The molecule has 21 heavy (non-hydrogen) atoms. The van der Waals surface area contributed by atoms with Gasteiger partial charge in [0, 0.05) is 25.5 Å². The van der Waals surface area contributed by atoms with E-state index in [-0.39, 0.29) is 6.04 Å². The molecule has 118 valence electrons. The van der Waals surface area contributed by atoms with Crippen molar-refractivity contribution >= 4 is 9.84 Å². The summed E-state index contributed by atoms with van der Waals surface area (Å²) in [6, 6.07) is 7.55. The number of ether oxygens (including phenoxy) is 1. The van der Waals surface area contributed by atoms with Gasteiger partial charge in [0.05, 0.1) is 4.90 Å². The van der Waals surface area contributed by atoms with Crippen LogP contribution >= 0.6 is 0 Å². The monoisotopic (exact) mass is 311 g/mol. The minimum absolute atomic E-state index is 0.204. The van der Waals surface area contributed by atoms with Crippen molar-refractivity contribution in [2.45, 2.75) is 37.1 Å². The standard InChI is InChI=1S/C16H25NO3S/c1-3-9-17-16(13-7-10-20-11-8-13)14-5-4-6-15(12-14)21(2,18)19/h4-6,12-13,16-17H,3,7-11H2,1-2H3. The third-order valence-corrected chi connectivity index (χ3v) is 5.11. The lowest BCUT2D eigenvalue weighted by Crippen LogP contribution is -2.32. The summed E-state index contributed by atoms with van der Waals surface area (Å²) >= 11 is 0. The van der Waals surface area contributed by atoms with Crippen LogP contribution in [0.15, 0.2) is 29.2 Å². The predicted octanol–water partition coefficient (Wildman–Crippen LogP) is 2.56. The van der Waals surface area contributed by atoms with E-state index in [2.05, 4.69) is 12.2 Å².